The zero-order valence-electron chi connectivity index (χ0n) is 11.4. The van der Waals surface area contributed by atoms with E-state index in [1.807, 2.05) is 0 Å². The number of phosphoric acid groups is 1. The van der Waals surface area contributed by atoms with E-state index in [0.29, 0.717) is 6.20 Å². The van der Waals surface area contributed by atoms with Crippen LogP contribution in [-0.2, 0) is 13.8 Å². The maximum absolute atomic E-state index is 13.2. The van der Waals surface area contributed by atoms with E-state index in [2.05, 4.69) is 4.52 Å². The van der Waals surface area contributed by atoms with Crippen LogP contribution in [0.15, 0.2) is 15.8 Å². The van der Waals surface area contributed by atoms with Gasteiger partial charge in [0.2, 0.25) is 5.82 Å². The zero-order chi connectivity index (χ0) is 15.8. The fourth-order valence-electron chi connectivity index (χ4n) is 1.88. The number of nitrogens with zero attached hydrogens (tertiary/aromatic N) is 1. The molecule has 22 heavy (non-hydrogen) atoms. The molecule has 119 valence electrons. The number of hydrogen-bond acceptors (Lipinski definition) is 6. The second kappa shape index (κ2) is 7.47. The van der Waals surface area contributed by atoms with Crippen molar-refractivity contribution in [1.82, 2.24) is 9.55 Å². The molecule has 1 aromatic heterocycles. The minimum atomic E-state index is -4.73. The van der Waals surface area contributed by atoms with Crippen LogP contribution < -0.4 is 11.2 Å². The average Bonchev–Trinajstić information content (AvgIpc) is 2.72. The minimum absolute atomic E-state index is 0. The maximum Gasteiger partial charge on any atom is 0.469 e. The van der Waals surface area contributed by atoms with Crippen molar-refractivity contribution in [2.45, 2.75) is 24.9 Å². The molecule has 3 atom stereocenters. The number of hydrogen-bond donors (Lipinski definition) is 4. The van der Waals surface area contributed by atoms with Gasteiger partial charge in [0.1, 0.15) is 12.3 Å². The molecule has 0 aromatic carbocycles. The molecule has 13 heteroatoms. The van der Waals surface area contributed by atoms with Crippen LogP contribution in [-0.4, -0.2) is 72.8 Å². The average molecular weight is 349 g/mol. The summed E-state index contributed by atoms with van der Waals surface area (Å²) in [7, 11) is -4.73. The van der Waals surface area contributed by atoms with Crippen molar-refractivity contribution in [3.63, 3.8) is 0 Å². The SMILES string of the molecule is O=c1[nH]c(=O)n(C2CC(O)C(COP(=O)(O)O)O2)cc1F.[Na]. The smallest absolute Gasteiger partial charge is 0.390 e. The van der Waals surface area contributed by atoms with Gasteiger partial charge in [0.05, 0.1) is 18.9 Å². The number of aliphatic hydroxyl groups is 1. The van der Waals surface area contributed by atoms with Crippen LogP contribution in [0.4, 0.5) is 4.39 Å². The van der Waals surface area contributed by atoms with E-state index in [1.165, 1.54) is 0 Å². The summed E-state index contributed by atoms with van der Waals surface area (Å²) in [6, 6.07) is 0. The Bertz CT molecular complexity index is 687. The van der Waals surface area contributed by atoms with E-state index < -0.39 is 49.9 Å². The number of ether oxygens (including phenoxy) is 1. The Balaban J connectivity index is 0.00000242. The second-order valence-corrected chi connectivity index (χ2v) is 5.60. The molecule has 10 nitrogen and oxygen atoms in total. The first kappa shape index (κ1) is 19.7. The van der Waals surface area contributed by atoms with Gasteiger partial charge in [-0.25, -0.2) is 9.36 Å². The van der Waals surface area contributed by atoms with E-state index in [1.54, 1.807) is 4.98 Å². The Kier molecular flexibility index (Phi) is 6.69. The molecule has 0 saturated carbocycles. The van der Waals surface area contributed by atoms with Crippen molar-refractivity contribution in [3.05, 3.63) is 32.9 Å². The van der Waals surface area contributed by atoms with Crippen molar-refractivity contribution in [2.24, 2.45) is 0 Å². The fraction of sp³-hybridized carbons (Fsp3) is 0.556. The Morgan fingerprint density at radius 2 is 2.14 bits per heavy atom. The van der Waals surface area contributed by atoms with Gasteiger partial charge in [-0.05, 0) is 0 Å². The molecule has 2 rings (SSSR count). The van der Waals surface area contributed by atoms with Crippen LogP contribution in [0.25, 0.3) is 0 Å². The number of aliphatic hydroxyl groups excluding tert-OH is 1. The van der Waals surface area contributed by atoms with E-state index >= 15 is 0 Å². The topological polar surface area (TPSA) is 151 Å². The first-order valence-electron chi connectivity index (χ1n) is 5.72. The van der Waals surface area contributed by atoms with Crippen LogP contribution in [0.5, 0.6) is 0 Å². The molecule has 1 aliphatic rings. The summed E-state index contributed by atoms with van der Waals surface area (Å²) in [5.41, 5.74) is -2.12. The monoisotopic (exact) mass is 349 g/mol. The van der Waals surface area contributed by atoms with Crippen LogP contribution in [0.1, 0.15) is 12.6 Å². The molecule has 1 aliphatic heterocycles. The number of aromatic nitrogens is 2. The summed E-state index contributed by atoms with van der Waals surface area (Å²) < 4.78 is 33.9. The van der Waals surface area contributed by atoms with Gasteiger partial charge in [-0.2, -0.15) is 4.39 Å². The van der Waals surface area contributed by atoms with Gasteiger partial charge in [-0.15, -0.1) is 0 Å². The molecule has 0 spiro atoms. The van der Waals surface area contributed by atoms with Crippen molar-refractivity contribution in [2.75, 3.05) is 6.61 Å². The first-order chi connectivity index (χ1) is 9.67. The third-order valence-corrected chi connectivity index (χ3v) is 3.33. The van der Waals surface area contributed by atoms with Gasteiger partial charge in [0.15, 0.2) is 0 Å². The molecule has 0 amide bonds. The number of rotatable bonds is 4. The predicted octanol–water partition coefficient (Wildman–Crippen LogP) is -1.95. The van der Waals surface area contributed by atoms with Gasteiger partial charge in [-0.3, -0.25) is 18.9 Å². The van der Waals surface area contributed by atoms with Crippen LogP contribution in [0.3, 0.4) is 0 Å². The normalized spacial score (nSPS) is 25.0. The summed E-state index contributed by atoms with van der Waals surface area (Å²) in [6.07, 6.45) is -2.89. The molecule has 2 heterocycles. The van der Waals surface area contributed by atoms with Crippen molar-refractivity contribution in [1.29, 1.82) is 0 Å². The Labute approximate surface area is 144 Å². The molecule has 1 fully saturated rings. The fourth-order valence-corrected chi connectivity index (χ4v) is 2.22. The minimum Gasteiger partial charge on any atom is -0.390 e. The van der Waals surface area contributed by atoms with Gasteiger partial charge in [0.25, 0.3) is 5.56 Å². The molecule has 0 bridgehead atoms. The number of nitrogens with one attached hydrogen (secondary N) is 1. The van der Waals surface area contributed by atoms with E-state index in [9.17, 15) is 23.7 Å². The van der Waals surface area contributed by atoms with Crippen LogP contribution in [0.2, 0.25) is 0 Å². The molecule has 3 unspecified atom stereocenters. The molecular weight excluding hydrogens is 337 g/mol. The molecule has 0 aliphatic carbocycles. The summed E-state index contributed by atoms with van der Waals surface area (Å²) in [4.78, 5) is 41.3. The number of aromatic amines is 1. The van der Waals surface area contributed by atoms with Crippen molar-refractivity contribution in [3.8, 4) is 0 Å². The van der Waals surface area contributed by atoms with E-state index in [-0.39, 0.29) is 36.0 Å². The Morgan fingerprint density at radius 1 is 1.50 bits per heavy atom. The third-order valence-electron chi connectivity index (χ3n) is 2.85. The number of phosphoric ester groups is 1. The van der Waals surface area contributed by atoms with Crippen molar-refractivity contribution < 1.29 is 33.1 Å². The molecule has 1 aromatic rings. The largest absolute Gasteiger partial charge is 0.469 e. The summed E-state index contributed by atoms with van der Waals surface area (Å²) in [5, 5.41) is 9.69. The van der Waals surface area contributed by atoms with E-state index in [0.717, 1.165) is 4.57 Å². The summed E-state index contributed by atoms with van der Waals surface area (Å²) in [6.45, 7) is -0.609. The van der Waals surface area contributed by atoms with E-state index in [4.69, 9.17) is 14.5 Å². The van der Waals surface area contributed by atoms with Crippen LogP contribution >= 0.6 is 7.82 Å². The summed E-state index contributed by atoms with van der Waals surface area (Å²) >= 11 is 0. The van der Waals surface area contributed by atoms with Gasteiger partial charge >= 0.3 is 13.5 Å². The number of H-pyrrole nitrogens is 1. The Hall–Kier alpha value is -0.360. The van der Waals surface area contributed by atoms with Gasteiger partial charge < -0.3 is 19.6 Å². The first-order valence-corrected chi connectivity index (χ1v) is 7.25. The van der Waals surface area contributed by atoms with Gasteiger partial charge in [0, 0.05) is 36.0 Å². The molecular formula is C9H12FN2NaO8P. The molecule has 4 N–H and O–H groups in total. The third kappa shape index (κ3) is 4.82. The predicted molar refractivity (Wildman–Crippen MR) is 69.6 cm³/mol. The molecule has 1 saturated heterocycles. The quantitative estimate of drug-likeness (QED) is 0.362. The van der Waals surface area contributed by atoms with Crippen molar-refractivity contribution >= 4 is 37.4 Å². The second-order valence-electron chi connectivity index (χ2n) is 4.36. The number of halogens is 1. The maximum atomic E-state index is 13.2. The van der Waals surface area contributed by atoms with Gasteiger partial charge in [-0.1, -0.05) is 0 Å². The summed E-state index contributed by atoms with van der Waals surface area (Å²) in [5.74, 6) is -1.21. The van der Waals surface area contributed by atoms with Crippen LogP contribution in [0, 0.1) is 5.82 Å². The zero-order valence-corrected chi connectivity index (χ0v) is 14.3. The Morgan fingerprint density at radius 3 is 2.73 bits per heavy atom. The standard InChI is InChI=1S/C9H12FN2O8P.Na/c10-4-2-12(9(15)11-8(4)14)7-1-5(13)6(20-7)3-19-21(16,17)18;/h2,5-7,13H,1,3H2,(H,11,14,15)(H2,16,17,18);. The molecule has 1 radical (unpaired) electrons.